The summed E-state index contributed by atoms with van der Waals surface area (Å²) in [7, 11) is 2.18. The summed E-state index contributed by atoms with van der Waals surface area (Å²) in [5.74, 6) is 1.54. The molecule has 15 heavy (non-hydrogen) atoms. The molecule has 0 heterocycles. The number of rotatable bonds is 4. The second-order valence-corrected chi connectivity index (χ2v) is 4.85. The highest BCUT2D eigenvalue weighted by Gasteiger charge is 2.23. The van der Waals surface area contributed by atoms with Crippen LogP contribution in [0.25, 0.3) is 0 Å². The van der Waals surface area contributed by atoms with E-state index >= 15 is 0 Å². The molecule has 0 radical (unpaired) electrons. The summed E-state index contributed by atoms with van der Waals surface area (Å²) in [5, 5.41) is 0. The van der Waals surface area contributed by atoms with E-state index in [-0.39, 0.29) is 0 Å². The molecule has 0 spiro atoms. The summed E-state index contributed by atoms with van der Waals surface area (Å²) < 4.78 is 0. The molecule has 0 aliphatic heterocycles. The average molecular weight is 224 g/mol. The second-order valence-electron chi connectivity index (χ2n) is 4.58. The van der Waals surface area contributed by atoms with Gasteiger partial charge in [-0.15, -0.1) is 11.6 Å². The van der Waals surface area contributed by atoms with Crippen molar-refractivity contribution in [3.8, 4) is 0 Å². The molecule has 1 fully saturated rings. The van der Waals surface area contributed by atoms with Gasteiger partial charge < -0.3 is 4.90 Å². The monoisotopic (exact) mass is 223 g/mol. The summed E-state index contributed by atoms with van der Waals surface area (Å²) in [6.07, 6.45) is 2.81. The van der Waals surface area contributed by atoms with Crippen molar-refractivity contribution in [3.05, 3.63) is 29.3 Å². The Hall–Kier alpha value is -0.690. The van der Waals surface area contributed by atoms with E-state index in [0.29, 0.717) is 5.88 Å². The van der Waals surface area contributed by atoms with E-state index in [1.165, 1.54) is 36.2 Å². The smallest absolute Gasteiger partial charge is 0.0474 e. The number of anilines is 1. The van der Waals surface area contributed by atoms with Gasteiger partial charge in [-0.1, -0.05) is 12.1 Å². The first-order valence-corrected chi connectivity index (χ1v) is 6.11. The Labute approximate surface area is 97.0 Å². The van der Waals surface area contributed by atoms with Crippen molar-refractivity contribution in [2.75, 3.05) is 18.5 Å². The van der Waals surface area contributed by atoms with E-state index in [9.17, 15) is 0 Å². The maximum Gasteiger partial charge on any atom is 0.0474 e. The first-order chi connectivity index (χ1) is 7.20. The normalized spacial score (nSPS) is 15.4. The molecule has 0 unspecified atom stereocenters. The van der Waals surface area contributed by atoms with Crippen LogP contribution in [0.3, 0.4) is 0 Å². The largest absolute Gasteiger partial charge is 0.374 e. The second kappa shape index (κ2) is 4.44. The minimum atomic E-state index is 0.605. The number of alkyl halides is 1. The van der Waals surface area contributed by atoms with Crippen LogP contribution in [-0.2, 0) is 5.88 Å². The summed E-state index contributed by atoms with van der Waals surface area (Å²) in [6, 6.07) is 6.50. The van der Waals surface area contributed by atoms with Crippen molar-refractivity contribution in [2.45, 2.75) is 25.6 Å². The highest BCUT2D eigenvalue weighted by atomic mass is 35.5. The maximum atomic E-state index is 5.81. The molecule has 1 saturated carbocycles. The van der Waals surface area contributed by atoms with Crippen LogP contribution in [0.15, 0.2) is 18.2 Å². The molecule has 1 nitrogen and oxygen atoms in total. The molecular formula is C13H18ClN. The van der Waals surface area contributed by atoms with Gasteiger partial charge in [-0.3, -0.25) is 0 Å². The SMILES string of the molecule is Cc1cc(CCl)ccc1N(C)CC1CC1. The Balaban J connectivity index is 2.11. The Morgan fingerprint density at radius 2 is 2.13 bits per heavy atom. The number of hydrogen-bond acceptors (Lipinski definition) is 1. The lowest BCUT2D eigenvalue weighted by molar-refractivity contribution is 0.785. The van der Waals surface area contributed by atoms with Gasteiger partial charge in [0.25, 0.3) is 0 Å². The summed E-state index contributed by atoms with van der Waals surface area (Å²) in [6.45, 7) is 3.36. The van der Waals surface area contributed by atoms with Crippen molar-refractivity contribution in [3.63, 3.8) is 0 Å². The van der Waals surface area contributed by atoms with Crippen LogP contribution in [0.4, 0.5) is 5.69 Å². The Kier molecular flexibility index (Phi) is 3.20. The van der Waals surface area contributed by atoms with Gasteiger partial charge in [0.05, 0.1) is 0 Å². The number of halogens is 1. The molecule has 2 heteroatoms. The molecule has 1 aliphatic carbocycles. The van der Waals surface area contributed by atoms with E-state index < -0.39 is 0 Å². The highest BCUT2D eigenvalue weighted by Crippen LogP contribution is 2.31. The first-order valence-electron chi connectivity index (χ1n) is 5.57. The lowest BCUT2D eigenvalue weighted by Crippen LogP contribution is -2.20. The van der Waals surface area contributed by atoms with Crippen LogP contribution in [0.1, 0.15) is 24.0 Å². The average Bonchev–Trinajstić information content (AvgIpc) is 3.01. The third-order valence-electron chi connectivity index (χ3n) is 3.06. The zero-order valence-electron chi connectivity index (χ0n) is 9.46. The van der Waals surface area contributed by atoms with Crippen LogP contribution in [0.5, 0.6) is 0 Å². The molecular weight excluding hydrogens is 206 g/mol. The summed E-state index contributed by atoms with van der Waals surface area (Å²) >= 11 is 5.81. The Morgan fingerprint density at radius 3 is 2.67 bits per heavy atom. The molecule has 0 N–H and O–H groups in total. The maximum absolute atomic E-state index is 5.81. The molecule has 0 bridgehead atoms. The number of hydrogen-bond donors (Lipinski definition) is 0. The molecule has 0 amide bonds. The van der Waals surface area contributed by atoms with Gasteiger partial charge in [0.2, 0.25) is 0 Å². The van der Waals surface area contributed by atoms with E-state index in [0.717, 1.165) is 5.92 Å². The molecule has 0 saturated heterocycles. The van der Waals surface area contributed by atoms with Crippen LogP contribution >= 0.6 is 11.6 Å². The van der Waals surface area contributed by atoms with Crippen molar-refractivity contribution in [1.82, 2.24) is 0 Å². The van der Waals surface area contributed by atoms with Crippen LogP contribution in [-0.4, -0.2) is 13.6 Å². The third-order valence-corrected chi connectivity index (χ3v) is 3.36. The van der Waals surface area contributed by atoms with Gasteiger partial charge in [0, 0.05) is 25.2 Å². The zero-order valence-corrected chi connectivity index (χ0v) is 10.2. The van der Waals surface area contributed by atoms with Crippen molar-refractivity contribution in [1.29, 1.82) is 0 Å². The standard InChI is InChI=1S/C13H18ClN/c1-10-7-12(8-14)5-6-13(10)15(2)9-11-3-4-11/h5-7,11H,3-4,8-9H2,1-2H3. The molecule has 0 atom stereocenters. The third kappa shape index (κ3) is 2.66. The predicted octanol–water partition coefficient (Wildman–Crippen LogP) is 3.58. The highest BCUT2D eigenvalue weighted by molar-refractivity contribution is 6.17. The fourth-order valence-corrected chi connectivity index (χ4v) is 2.18. The molecule has 1 aromatic rings. The molecule has 2 rings (SSSR count). The minimum absolute atomic E-state index is 0.605. The van der Waals surface area contributed by atoms with Crippen LogP contribution in [0.2, 0.25) is 0 Å². The van der Waals surface area contributed by atoms with Crippen molar-refractivity contribution in [2.24, 2.45) is 5.92 Å². The van der Waals surface area contributed by atoms with Crippen molar-refractivity contribution < 1.29 is 0 Å². The summed E-state index contributed by atoms with van der Waals surface area (Å²) in [5.41, 5.74) is 3.88. The van der Waals surface area contributed by atoms with E-state index in [1.54, 1.807) is 0 Å². The quantitative estimate of drug-likeness (QED) is 0.706. The number of aryl methyl sites for hydroxylation is 1. The molecule has 0 aromatic heterocycles. The van der Waals surface area contributed by atoms with Crippen LogP contribution < -0.4 is 4.90 Å². The van der Waals surface area contributed by atoms with Gasteiger partial charge in [0.1, 0.15) is 0 Å². The number of benzene rings is 1. The van der Waals surface area contributed by atoms with E-state index in [4.69, 9.17) is 11.6 Å². The lowest BCUT2D eigenvalue weighted by atomic mass is 10.1. The molecule has 82 valence electrons. The molecule has 1 aliphatic rings. The fourth-order valence-electron chi connectivity index (χ4n) is 2.02. The van der Waals surface area contributed by atoms with E-state index in [1.807, 2.05) is 0 Å². The van der Waals surface area contributed by atoms with Gasteiger partial charge in [0.15, 0.2) is 0 Å². The Bertz CT molecular complexity index is 344. The topological polar surface area (TPSA) is 3.24 Å². The Morgan fingerprint density at radius 1 is 1.40 bits per heavy atom. The lowest BCUT2D eigenvalue weighted by Gasteiger charge is -2.21. The van der Waals surface area contributed by atoms with Gasteiger partial charge in [-0.05, 0) is 42.9 Å². The van der Waals surface area contributed by atoms with Crippen LogP contribution in [0, 0.1) is 12.8 Å². The first kappa shape index (κ1) is 10.8. The fraction of sp³-hybridized carbons (Fsp3) is 0.538. The van der Waals surface area contributed by atoms with E-state index in [2.05, 4.69) is 37.1 Å². The van der Waals surface area contributed by atoms with Gasteiger partial charge in [-0.25, -0.2) is 0 Å². The van der Waals surface area contributed by atoms with Gasteiger partial charge in [-0.2, -0.15) is 0 Å². The summed E-state index contributed by atoms with van der Waals surface area (Å²) in [4.78, 5) is 2.37. The zero-order chi connectivity index (χ0) is 10.8. The predicted molar refractivity (Wildman–Crippen MR) is 66.7 cm³/mol. The number of nitrogens with zero attached hydrogens (tertiary/aromatic N) is 1. The van der Waals surface area contributed by atoms with Crippen molar-refractivity contribution >= 4 is 17.3 Å². The minimum Gasteiger partial charge on any atom is -0.374 e. The molecule has 1 aromatic carbocycles. The van der Waals surface area contributed by atoms with Gasteiger partial charge >= 0.3 is 0 Å².